The lowest BCUT2D eigenvalue weighted by atomic mass is 10.1. The average Bonchev–Trinajstić information content (AvgIpc) is 2.29. The van der Waals surface area contributed by atoms with Gasteiger partial charge in [-0.25, -0.2) is 0 Å². The first-order valence-electron chi connectivity index (χ1n) is 5.14. The zero-order chi connectivity index (χ0) is 12.0. The van der Waals surface area contributed by atoms with E-state index >= 15 is 0 Å². The molecular formula is C12H16N2O2. The lowest BCUT2D eigenvalue weighted by molar-refractivity contribution is 0.0986. The van der Waals surface area contributed by atoms with Crippen molar-refractivity contribution in [3.8, 4) is 0 Å². The summed E-state index contributed by atoms with van der Waals surface area (Å²) in [5.41, 5.74) is 1.24. The second kappa shape index (κ2) is 6.15. The molecule has 0 saturated carbocycles. The SMILES string of the molecule is CNCNCC(=O)c1ccc(C(C)=O)cc1. The molecule has 0 amide bonds. The summed E-state index contributed by atoms with van der Waals surface area (Å²) in [5, 5.41) is 5.83. The number of hydrogen-bond acceptors (Lipinski definition) is 4. The zero-order valence-electron chi connectivity index (χ0n) is 9.54. The summed E-state index contributed by atoms with van der Waals surface area (Å²) in [6.45, 7) is 2.39. The van der Waals surface area contributed by atoms with Crippen molar-refractivity contribution in [2.75, 3.05) is 20.3 Å². The van der Waals surface area contributed by atoms with Gasteiger partial charge in [-0.2, -0.15) is 0 Å². The van der Waals surface area contributed by atoms with E-state index in [4.69, 9.17) is 0 Å². The van der Waals surface area contributed by atoms with Crippen LogP contribution in [0.2, 0.25) is 0 Å². The number of hydrogen-bond donors (Lipinski definition) is 2. The highest BCUT2D eigenvalue weighted by Crippen LogP contribution is 2.05. The van der Waals surface area contributed by atoms with Crippen LogP contribution < -0.4 is 10.6 Å². The first-order valence-corrected chi connectivity index (χ1v) is 5.14. The molecule has 86 valence electrons. The third-order valence-electron chi connectivity index (χ3n) is 2.20. The minimum absolute atomic E-state index is 0.00677. The van der Waals surface area contributed by atoms with Gasteiger partial charge in [-0.05, 0) is 14.0 Å². The summed E-state index contributed by atoms with van der Waals surface area (Å²) in [7, 11) is 1.80. The fourth-order valence-corrected chi connectivity index (χ4v) is 1.29. The minimum Gasteiger partial charge on any atom is -0.308 e. The Morgan fingerprint density at radius 3 is 2.19 bits per heavy atom. The summed E-state index contributed by atoms with van der Waals surface area (Å²) in [4.78, 5) is 22.7. The molecule has 0 aromatic heterocycles. The Morgan fingerprint density at radius 2 is 1.69 bits per heavy atom. The van der Waals surface area contributed by atoms with E-state index in [-0.39, 0.29) is 11.6 Å². The third kappa shape index (κ3) is 3.56. The van der Waals surface area contributed by atoms with Gasteiger partial charge in [-0.1, -0.05) is 24.3 Å². The second-order valence-electron chi connectivity index (χ2n) is 3.51. The van der Waals surface area contributed by atoms with E-state index in [0.29, 0.717) is 24.3 Å². The second-order valence-corrected chi connectivity index (χ2v) is 3.51. The number of ketones is 2. The molecule has 0 atom stereocenters. The molecule has 0 spiro atoms. The molecule has 0 heterocycles. The summed E-state index contributed by atoms with van der Waals surface area (Å²) in [6, 6.07) is 6.71. The molecule has 1 rings (SSSR count). The Labute approximate surface area is 95.0 Å². The molecular weight excluding hydrogens is 204 g/mol. The number of nitrogens with one attached hydrogen (secondary N) is 2. The van der Waals surface area contributed by atoms with E-state index in [1.54, 1.807) is 31.3 Å². The van der Waals surface area contributed by atoms with Gasteiger partial charge in [0, 0.05) is 17.8 Å². The molecule has 0 bridgehead atoms. The smallest absolute Gasteiger partial charge is 0.176 e. The van der Waals surface area contributed by atoms with Crippen molar-refractivity contribution in [3.05, 3.63) is 35.4 Å². The molecule has 1 aromatic carbocycles. The van der Waals surface area contributed by atoms with Gasteiger partial charge in [-0.3, -0.25) is 14.9 Å². The quantitative estimate of drug-likeness (QED) is 0.424. The van der Waals surface area contributed by atoms with Crippen LogP contribution in [0.1, 0.15) is 27.6 Å². The molecule has 16 heavy (non-hydrogen) atoms. The molecule has 4 nitrogen and oxygen atoms in total. The Bertz CT molecular complexity index is 371. The van der Waals surface area contributed by atoms with Crippen molar-refractivity contribution >= 4 is 11.6 Å². The number of carbonyl (C=O) groups is 2. The summed E-state index contributed by atoms with van der Waals surface area (Å²) in [6.07, 6.45) is 0. The lowest BCUT2D eigenvalue weighted by Gasteiger charge is -2.03. The van der Waals surface area contributed by atoms with Crippen LogP contribution in [0.15, 0.2) is 24.3 Å². The molecule has 4 heteroatoms. The third-order valence-corrected chi connectivity index (χ3v) is 2.20. The maximum Gasteiger partial charge on any atom is 0.176 e. The molecule has 0 aliphatic rings. The first-order chi connectivity index (χ1) is 7.65. The van der Waals surface area contributed by atoms with Crippen molar-refractivity contribution in [2.45, 2.75) is 6.92 Å². The molecule has 0 saturated heterocycles. The predicted molar refractivity (Wildman–Crippen MR) is 62.7 cm³/mol. The topological polar surface area (TPSA) is 58.2 Å². The van der Waals surface area contributed by atoms with Crippen molar-refractivity contribution in [1.82, 2.24) is 10.6 Å². The van der Waals surface area contributed by atoms with Gasteiger partial charge in [0.25, 0.3) is 0 Å². The fraction of sp³-hybridized carbons (Fsp3) is 0.333. The lowest BCUT2D eigenvalue weighted by Crippen LogP contribution is -2.30. The van der Waals surface area contributed by atoms with Crippen LogP contribution in [0.3, 0.4) is 0 Å². The minimum atomic E-state index is 0.00677. The van der Waals surface area contributed by atoms with Crippen LogP contribution in [-0.4, -0.2) is 31.8 Å². The van der Waals surface area contributed by atoms with Gasteiger partial charge in [0.05, 0.1) is 6.54 Å². The van der Waals surface area contributed by atoms with Crippen molar-refractivity contribution in [2.24, 2.45) is 0 Å². The Balaban J connectivity index is 2.59. The fourth-order valence-electron chi connectivity index (χ4n) is 1.29. The first kappa shape index (κ1) is 12.5. The van der Waals surface area contributed by atoms with Crippen molar-refractivity contribution < 1.29 is 9.59 Å². The van der Waals surface area contributed by atoms with Crippen LogP contribution in [0.4, 0.5) is 0 Å². The van der Waals surface area contributed by atoms with Gasteiger partial charge in [0.15, 0.2) is 11.6 Å². The van der Waals surface area contributed by atoms with Crippen molar-refractivity contribution in [3.63, 3.8) is 0 Å². The number of Topliss-reactive ketones (excluding diaryl/α,β-unsaturated/α-hetero) is 2. The maximum absolute atomic E-state index is 11.6. The van der Waals surface area contributed by atoms with Crippen LogP contribution in [0, 0.1) is 0 Å². The van der Waals surface area contributed by atoms with Crippen LogP contribution in [0.5, 0.6) is 0 Å². The largest absolute Gasteiger partial charge is 0.308 e. The number of carbonyl (C=O) groups excluding carboxylic acids is 2. The normalized spacial score (nSPS) is 10.1. The van der Waals surface area contributed by atoms with E-state index in [1.165, 1.54) is 6.92 Å². The molecule has 0 aliphatic carbocycles. The maximum atomic E-state index is 11.6. The van der Waals surface area contributed by atoms with E-state index < -0.39 is 0 Å². The summed E-state index contributed by atoms with van der Waals surface area (Å²) in [5.74, 6) is 0.0256. The van der Waals surface area contributed by atoms with Gasteiger partial charge < -0.3 is 5.32 Å². The monoisotopic (exact) mass is 220 g/mol. The Kier molecular flexibility index (Phi) is 4.82. The van der Waals surface area contributed by atoms with Gasteiger partial charge >= 0.3 is 0 Å². The molecule has 0 unspecified atom stereocenters. The molecule has 0 fully saturated rings. The summed E-state index contributed by atoms with van der Waals surface area (Å²) >= 11 is 0. The zero-order valence-corrected chi connectivity index (χ0v) is 9.54. The standard InChI is InChI=1S/C12H16N2O2/c1-9(15)10-3-5-11(6-4-10)12(16)7-14-8-13-2/h3-6,13-14H,7-8H2,1-2H3. The van der Waals surface area contributed by atoms with Gasteiger partial charge in [0.2, 0.25) is 0 Å². The van der Waals surface area contributed by atoms with Gasteiger partial charge in [0.1, 0.15) is 0 Å². The average molecular weight is 220 g/mol. The molecule has 0 radical (unpaired) electrons. The predicted octanol–water partition coefficient (Wildman–Crippen LogP) is 0.838. The number of benzene rings is 1. The van der Waals surface area contributed by atoms with Crippen LogP contribution in [0.25, 0.3) is 0 Å². The van der Waals surface area contributed by atoms with Crippen LogP contribution >= 0.6 is 0 Å². The van der Waals surface area contributed by atoms with Crippen molar-refractivity contribution in [1.29, 1.82) is 0 Å². The summed E-state index contributed by atoms with van der Waals surface area (Å²) < 4.78 is 0. The van der Waals surface area contributed by atoms with E-state index in [9.17, 15) is 9.59 Å². The highest BCUT2D eigenvalue weighted by molar-refractivity contribution is 5.99. The van der Waals surface area contributed by atoms with E-state index in [0.717, 1.165) is 0 Å². The Hall–Kier alpha value is -1.52. The molecule has 0 aliphatic heterocycles. The van der Waals surface area contributed by atoms with E-state index in [1.807, 2.05) is 0 Å². The number of rotatable bonds is 6. The van der Waals surface area contributed by atoms with Gasteiger partial charge in [-0.15, -0.1) is 0 Å². The van der Waals surface area contributed by atoms with Crippen LogP contribution in [-0.2, 0) is 0 Å². The highest BCUT2D eigenvalue weighted by Gasteiger charge is 2.05. The highest BCUT2D eigenvalue weighted by atomic mass is 16.1. The Morgan fingerprint density at radius 1 is 1.12 bits per heavy atom. The van der Waals surface area contributed by atoms with E-state index in [2.05, 4.69) is 10.6 Å². The molecule has 1 aromatic rings. The molecule has 2 N–H and O–H groups in total.